The lowest BCUT2D eigenvalue weighted by molar-refractivity contribution is -0.134. The van der Waals surface area contributed by atoms with Gasteiger partial charge in [-0.25, -0.2) is 0 Å². The van der Waals surface area contributed by atoms with Crippen LogP contribution in [-0.2, 0) is 23.7 Å². The van der Waals surface area contributed by atoms with Gasteiger partial charge in [-0.15, -0.1) is 0 Å². The molecule has 0 bridgehead atoms. The zero-order valence-electron chi connectivity index (χ0n) is 11.1. The summed E-state index contributed by atoms with van der Waals surface area (Å²) in [6.07, 6.45) is 0.118. The molecular weight excluding hydrogens is 228 g/mol. The molecule has 0 spiro atoms. The second-order valence-corrected chi connectivity index (χ2v) is 3.26. The first kappa shape index (κ1) is 18.7. The fourth-order valence-corrected chi connectivity index (χ4v) is 0.772. The van der Waals surface area contributed by atoms with E-state index in [9.17, 15) is 0 Å². The third-order valence-corrected chi connectivity index (χ3v) is 1.47. The zero-order chi connectivity index (χ0) is 13.5. The Bertz CT molecular complexity index is 158. The van der Waals surface area contributed by atoms with Crippen molar-refractivity contribution in [1.29, 1.82) is 0 Å². The van der Waals surface area contributed by atoms with Gasteiger partial charge in [-0.2, -0.15) is 0 Å². The molecular formula is C11H24O6. The van der Waals surface area contributed by atoms with Crippen molar-refractivity contribution in [2.45, 2.75) is 20.0 Å². The molecule has 6 nitrogen and oxygen atoms in total. The Morgan fingerprint density at radius 1 is 1.12 bits per heavy atom. The van der Waals surface area contributed by atoms with Gasteiger partial charge < -0.3 is 24.1 Å². The van der Waals surface area contributed by atoms with Crippen molar-refractivity contribution >= 4 is 5.97 Å². The van der Waals surface area contributed by atoms with E-state index in [4.69, 9.17) is 28.8 Å². The molecule has 0 rings (SSSR count). The number of carboxylic acids is 1. The highest BCUT2D eigenvalue weighted by atomic mass is 16.6. The van der Waals surface area contributed by atoms with Crippen LogP contribution in [0.15, 0.2) is 0 Å². The van der Waals surface area contributed by atoms with Crippen molar-refractivity contribution < 1.29 is 28.8 Å². The second kappa shape index (κ2) is 15.3. The summed E-state index contributed by atoms with van der Waals surface area (Å²) in [7, 11) is 3.31. The van der Waals surface area contributed by atoms with E-state index in [1.165, 1.54) is 0 Å². The van der Waals surface area contributed by atoms with E-state index in [-0.39, 0.29) is 6.10 Å². The summed E-state index contributed by atoms with van der Waals surface area (Å²) in [5.74, 6) is -0.833. The Morgan fingerprint density at radius 2 is 1.59 bits per heavy atom. The van der Waals surface area contributed by atoms with E-state index >= 15 is 0 Å². The van der Waals surface area contributed by atoms with Crippen LogP contribution in [0.1, 0.15) is 13.8 Å². The van der Waals surface area contributed by atoms with Crippen LogP contribution < -0.4 is 0 Å². The van der Waals surface area contributed by atoms with Gasteiger partial charge in [0.15, 0.2) is 0 Å². The maximum atomic E-state index is 9.00. The van der Waals surface area contributed by atoms with Crippen LogP contribution in [0.3, 0.4) is 0 Å². The van der Waals surface area contributed by atoms with E-state index in [1.54, 1.807) is 14.2 Å². The van der Waals surface area contributed by atoms with E-state index in [0.29, 0.717) is 33.0 Å². The molecule has 0 aromatic rings. The minimum Gasteiger partial charge on any atom is -0.481 e. The third-order valence-electron chi connectivity index (χ3n) is 1.47. The van der Waals surface area contributed by atoms with Crippen LogP contribution in [-0.4, -0.2) is 64.4 Å². The highest BCUT2D eigenvalue weighted by Gasteiger charge is 2.00. The first-order chi connectivity index (χ1) is 8.04. The van der Waals surface area contributed by atoms with Crippen molar-refractivity contribution in [3.63, 3.8) is 0 Å². The number of carbonyl (C=O) groups is 1. The van der Waals surface area contributed by atoms with E-state index in [0.717, 1.165) is 6.92 Å². The Kier molecular flexibility index (Phi) is 16.8. The largest absolute Gasteiger partial charge is 0.481 e. The molecule has 0 aliphatic rings. The van der Waals surface area contributed by atoms with Gasteiger partial charge >= 0.3 is 0 Å². The molecule has 1 unspecified atom stereocenters. The molecule has 0 fully saturated rings. The SMILES string of the molecule is CC(=O)O.COCCOCC(C)OCCOC. The number of hydrogen-bond donors (Lipinski definition) is 1. The Balaban J connectivity index is 0. The Labute approximate surface area is 103 Å². The first-order valence-electron chi connectivity index (χ1n) is 5.41. The molecule has 1 atom stereocenters. The topological polar surface area (TPSA) is 74.2 Å². The summed E-state index contributed by atoms with van der Waals surface area (Å²) in [5.41, 5.74) is 0. The molecule has 17 heavy (non-hydrogen) atoms. The minimum atomic E-state index is -0.833. The van der Waals surface area contributed by atoms with Gasteiger partial charge in [0, 0.05) is 21.1 Å². The van der Waals surface area contributed by atoms with Gasteiger partial charge in [0.1, 0.15) is 0 Å². The van der Waals surface area contributed by atoms with Gasteiger partial charge in [0.25, 0.3) is 5.97 Å². The summed E-state index contributed by atoms with van der Waals surface area (Å²) in [6.45, 7) is 6.16. The summed E-state index contributed by atoms with van der Waals surface area (Å²) in [4.78, 5) is 9.00. The van der Waals surface area contributed by atoms with Crippen LogP contribution in [0.25, 0.3) is 0 Å². The summed E-state index contributed by atoms with van der Waals surface area (Å²) >= 11 is 0. The normalized spacial score (nSPS) is 11.5. The summed E-state index contributed by atoms with van der Waals surface area (Å²) < 4.78 is 20.3. The average molecular weight is 252 g/mol. The molecule has 0 aromatic heterocycles. The standard InChI is InChI=1S/C9H20O4.C2H4O2/c1-9(13-7-5-11-3)8-12-6-4-10-2;1-2(3)4/h9H,4-8H2,1-3H3;1H3,(H,3,4). The van der Waals surface area contributed by atoms with Crippen molar-refractivity contribution in [3.8, 4) is 0 Å². The van der Waals surface area contributed by atoms with Crippen LogP contribution in [0.2, 0.25) is 0 Å². The number of ether oxygens (including phenoxy) is 4. The average Bonchev–Trinajstić information content (AvgIpc) is 2.24. The molecule has 0 aromatic carbocycles. The van der Waals surface area contributed by atoms with Gasteiger partial charge in [-0.3, -0.25) is 4.79 Å². The molecule has 0 aliphatic heterocycles. The van der Waals surface area contributed by atoms with Crippen molar-refractivity contribution in [1.82, 2.24) is 0 Å². The predicted octanol–water partition coefficient (Wildman–Crippen LogP) is 0.792. The Hall–Kier alpha value is -0.690. The number of carboxylic acid groups (broad SMARTS) is 1. The van der Waals surface area contributed by atoms with E-state index in [1.807, 2.05) is 6.92 Å². The van der Waals surface area contributed by atoms with Gasteiger partial charge in [-0.05, 0) is 6.92 Å². The number of aliphatic carboxylic acids is 1. The molecule has 0 amide bonds. The molecule has 0 heterocycles. The lowest BCUT2D eigenvalue weighted by Gasteiger charge is -2.12. The van der Waals surface area contributed by atoms with Crippen molar-refractivity contribution in [3.05, 3.63) is 0 Å². The minimum absolute atomic E-state index is 0.118. The molecule has 0 aliphatic carbocycles. The molecule has 0 saturated carbocycles. The maximum Gasteiger partial charge on any atom is 0.300 e. The monoisotopic (exact) mass is 252 g/mol. The molecule has 104 valence electrons. The Morgan fingerprint density at radius 3 is 2.06 bits per heavy atom. The smallest absolute Gasteiger partial charge is 0.300 e. The fraction of sp³-hybridized carbons (Fsp3) is 0.909. The molecule has 1 N–H and O–H groups in total. The van der Waals surface area contributed by atoms with Crippen LogP contribution in [0, 0.1) is 0 Å². The number of rotatable bonds is 9. The van der Waals surface area contributed by atoms with Crippen LogP contribution in [0.4, 0.5) is 0 Å². The predicted molar refractivity (Wildman–Crippen MR) is 63.3 cm³/mol. The lowest BCUT2D eigenvalue weighted by atomic mass is 10.4. The highest BCUT2D eigenvalue weighted by molar-refractivity contribution is 5.62. The van der Waals surface area contributed by atoms with Gasteiger partial charge in [0.05, 0.1) is 39.1 Å². The van der Waals surface area contributed by atoms with Crippen molar-refractivity contribution in [2.75, 3.05) is 47.3 Å². The van der Waals surface area contributed by atoms with Gasteiger partial charge in [0.2, 0.25) is 0 Å². The number of hydrogen-bond acceptors (Lipinski definition) is 5. The summed E-state index contributed by atoms with van der Waals surface area (Å²) in [6, 6.07) is 0. The van der Waals surface area contributed by atoms with Crippen LogP contribution >= 0.6 is 0 Å². The number of methoxy groups -OCH3 is 2. The second-order valence-electron chi connectivity index (χ2n) is 3.26. The maximum absolute atomic E-state index is 9.00. The zero-order valence-corrected chi connectivity index (χ0v) is 11.1. The fourth-order valence-electron chi connectivity index (χ4n) is 0.772. The van der Waals surface area contributed by atoms with Gasteiger partial charge in [-0.1, -0.05) is 0 Å². The molecule has 0 saturated heterocycles. The third kappa shape index (κ3) is 25.5. The molecule has 0 radical (unpaired) electrons. The summed E-state index contributed by atoms with van der Waals surface area (Å²) in [5, 5.41) is 7.42. The van der Waals surface area contributed by atoms with E-state index < -0.39 is 5.97 Å². The molecule has 6 heteroatoms. The quantitative estimate of drug-likeness (QED) is 0.612. The van der Waals surface area contributed by atoms with E-state index in [2.05, 4.69) is 0 Å². The lowest BCUT2D eigenvalue weighted by Crippen LogP contribution is -2.19. The van der Waals surface area contributed by atoms with Crippen LogP contribution in [0.5, 0.6) is 0 Å². The van der Waals surface area contributed by atoms with Crippen molar-refractivity contribution in [2.24, 2.45) is 0 Å². The first-order valence-corrected chi connectivity index (χ1v) is 5.41. The highest BCUT2D eigenvalue weighted by Crippen LogP contribution is 1.91.